The monoisotopic (exact) mass is 415 g/mol. The number of benzene rings is 3. The maximum atomic E-state index is 12.5. The molecule has 0 radical (unpaired) electrons. The Hall–Kier alpha value is -3.38. The Labute approximate surface area is 179 Å². The Bertz CT molecular complexity index is 1180. The van der Waals surface area contributed by atoms with Crippen molar-refractivity contribution in [2.75, 3.05) is 18.2 Å². The average molecular weight is 416 g/mol. The number of carbonyl (C=O) groups excluding carboxylic acids is 1. The van der Waals surface area contributed by atoms with Crippen LogP contribution in [-0.2, 0) is 4.79 Å². The van der Waals surface area contributed by atoms with E-state index in [1.165, 1.54) is 11.8 Å². The Balaban J connectivity index is 1.62. The molecule has 3 aromatic carbocycles. The Morgan fingerprint density at radius 1 is 1.00 bits per heavy atom. The molecule has 0 aliphatic rings. The third kappa shape index (κ3) is 4.60. The summed E-state index contributed by atoms with van der Waals surface area (Å²) in [5.41, 5.74) is 3.68. The first-order valence-electron chi connectivity index (χ1n) is 9.53. The molecule has 0 spiro atoms. The zero-order valence-corrected chi connectivity index (χ0v) is 17.6. The summed E-state index contributed by atoms with van der Waals surface area (Å²) in [5.74, 6) is 1.52. The van der Waals surface area contributed by atoms with Gasteiger partial charge >= 0.3 is 0 Å². The van der Waals surface area contributed by atoms with Crippen molar-refractivity contribution in [2.24, 2.45) is 0 Å². The third-order valence-corrected chi connectivity index (χ3v) is 5.57. The molecule has 30 heavy (non-hydrogen) atoms. The van der Waals surface area contributed by atoms with E-state index in [0.717, 1.165) is 38.5 Å². The highest BCUT2D eigenvalue weighted by atomic mass is 32.2. The van der Waals surface area contributed by atoms with Crippen LogP contribution in [0.4, 0.5) is 5.69 Å². The summed E-state index contributed by atoms with van der Waals surface area (Å²) in [5, 5.41) is 4.54. The minimum atomic E-state index is -0.0835. The van der Waals surface area contributed by atoms with Crippen LogP contribution in [-0.4, -0.2) is 28.7 Å². The van der Waals surface area contributed by atoms with Crippen molar-refractivity contribution in [1.82, 2.24) is 9.97 Å². The number of rotatable bonds is 6. The molecule has 0 unspecified atom stereocenters. The van der Waals surface area contributed by atoms with Crippen molar-refractivity contribution >= 4 is 34.3 Å². The van der Waals surface area contributed by atoms with E-state index in [2.05, 4.69) is 5.32 Å². The smallest absolute Gasteiger partial charge is 0.234 e. The second kappa shape index (κ2) is 8.97. The number of amides is 1. The molecule has 1 amide bonds. The number of nitrogens with one attached hydrogen (secondary N) is 1. The molecule has 0 atom stereocenters. The molecule has 0 aliphatic carbocycles. The van der Waals surface area contributed by atoms with E-state index in [9.17, 15) is 4.79 Å². The first-order chi connectivity index (χ1) is 14.6. The largest absolute Gasteiger partial charge is 0.497 e. The zero-order chi connectivity index (χ0) is 20.9. The molecule has 0 fully saturated rings. The summed E-state index contributed by atoms with van der Waals surface area (Å²) < 4.78 is 5.36. The number of carbonyl (C=O) groups is 1. The molecule has 4 aromatic rings. The molecule has 1 heterocycles. The van der Waals surface area contributed by atoms with Gasteiger partial charge in [0.05, 0.1) is 18.4 Å². The number of ether oxygens (including phenoxy) is 1. The van der Waals surface area contributed by atoms with Crippen LogP contribution in [0.15, 0.2) is 77.8 Å². The topological polar surface area (TPSA) is 64.1 Å². The van der Waals surface area contributed by atoms with Gasteiger partial charge in [0.2, 0.25) is 5.91 Å². The van der Waals surface area contributed by atoms with Gasteiger partial charge in [-0.25, -0.2) is 9.97 Å². The van der Waals surface area contributed by atoms with Crippen LogP contribution in [0.3, 0.4) is 0 Å². The van der Waals surface area contributed by atoms with Gasteiger partial charge in [0.25, 0.3) is 0 Å². The Morgan fingerprint density at radius 3 is 2.50 bits per heavy atom. The van der Waals surface area contributed by atoms with Crippen molar-refractivity contribution < 1.29 is 9.53 Å². The van der Waals surface area contributed by atoms with Crippen LogP contribution >= 0.6 is 11.8 Å². The van der Waals surface area contributed by atoms with Crippen LogP contribution in [0.5, 0.6) is 5.75 Å². The fraction of sp³-hybridized carbons (Fsp3) is 0.125. The number of aromatic nitrogens is 2. The second-order valence-electron chi connectivity index (χ2n) is 6.80. The first kappa shape index (κ1) is 19.9. The van der Waals surface area contributed by atoms with E-state index in [4.69, 9.17) is 14.7 Å². The lowest BCUT2D eigenvalue weighted by Gasteiger charge is -2.10. The number of hydrogen-bond acceptors (Lipinski definition) is 5. The van der Waals surface area contributed by atoms with Crippen LogP contribution in [0, 0.1) is 6.92 Å². The Morgan fingerprint density at radius 2 is 1.77 bits per heavy atom. The van der Waals surface area contributed by atoms with Crippen molar-refractivity contribution in [3.8, 4) is 17.1 Å². The minimum Gasteiger partial charge on any atom is -0.497 e. The molecular weight excluding hydrogens is 394 g/mol. The highest BCUT2D eigenvalue weighted by molar-refractivity contribution is 8.00. The molecule has 0 saturated heterocycles. The molecule has 5 nitrogen and oxygen atoms in total. The summed E-state index contributed by atoms with van der Waals surface area (Å²) in [6.07, 6.45) is 0. The summed E-state index contributed by atoms with van der Waals surface area (Å²) in [4.78, 5) is 21.9. The van der Waals surface area contributed by atoms with Gasteiger partial charge < -0.3 is 10.1 Å². The standard InChI is InChI=1S/C24H21N3O2S/c1-16-8-10-18(11-9-16)25-22(28)15-30-24-20-14-19(29-2)12-13-21(20)26-23(27-24)17-6-4-3-5-7-17/h3-14H,15H2,1-2H3,(H,25,28). The quantitative estimate of drug-likeness (QED) is 0.340. The van der Waals surface area contributed by atoms with Crippen molar-refractivity contribution in [1.29, 1.82) is 0 Å². The third-order valence-electron chi connectivity index (χ3n) is 4.58. The molecule has 1 aromatic heterocycles. The zero-order valence-electron chi connectivity index (χ0n) is 16.8. The SMILES string of the molecule is COc1ccc2nc(-c3ccccc3)nc(SCC(=O)Nc3ccc(C)cc3)c2c1. The molecule has 6 heteroatoms. The normalized spacial score (nSPS) is 10.7. The maximum absolute atomic E-state index is 12.5. The maximum Gasteiger partial charge on any atom is 0.234 e. The highest BCUT2D eigenvalue weighted by Crippen LogP contribution is 2.31. The fourth-order valence-corrected chi connectivity index (χ4v) is 3.81. The number of thioether (sulfide) groups is 1. The van der Waals surface area contributed by atoms with E-state index >= 15 is 0 Å². The molecule has 0 aliphatic heterocycles. The van der Waals surface area contributed by atoms with Crippen molar-refractivity contribution in [3.63, 3.8) is 0 Å². The van der Waals surface area contributed by atoms with E-state index in [0.29, 0.717) is 5.82 Å². The summed E-state index contributed by atoms with van der Waals surface area (Å²) in [6.45, 7) is 2.01. The molecular formula is C24H21N3O2S. The lowest BCUT2D eigenvalue weighted by molar-refractivity contribution is -0.113. The number of aryl methyl sites for hydroxylation is 1. The van der Waals surface area contributed by atoms with E-state index < -0.39 is 0 Å². The lowest BCUT2D eigenvalue weighted by Crippen LogP contribution is -2.14. The predicted octanol–water partition coefficient (Wildman–Crippen LogP) is 5.34. The van der Waals surface area contributed by atoms with Gasteiger partial charge in [0.1, 0.15) is 10.8 Å². The van der Waals surface area contributed by atoms with Gasteiger partial charge in [-0.3, -0.25) is 4.79 Å². The van der Waals surface area contributed by atoms with Gasteiger partial charge in [0, 0.05) is 16.6 Å². The van der Waals surface area contributed by atoms with Crippen molar-refractivity contribution in [2.45, 2.75) is 11.9 Å². The van der Waals surface area contributed by atoms with Gasteiger partial charge in [-0.15, -0.1) is 0 Å². The Kier molecular flexibility index (Phi) is 5.95. The van der Waals surface area contributed by atoms with E-state index in [1.807, 2.05) is 79.7 Å². The van der Waals surface area contributed by atoms with Gasteiger partial charge in [-0.2, -0.15) is 0 Å². The summed E-state index contributed by atoms with van der Waals surface area (Å²) >= 11 is 1.39. The predicted molar refractivity (Wildman–Crippen MR) is 122 cm³/mol. The van der Waals surface area contributed by atoms with Crippen LogP contribution in [0.25, 0.3) is 22.3 Å². The van der Waals surface area contributed by atoms with Gasteiger partial charge in [-0.1, -0.05) is 59.8 Å². The number of fused-ring (bicyclic) bond motifs is 1. The fourth-order valence-electron chi connectivity index (χ4n) is 3.00. The van der Waals surface area contributed by atoms with E-state index in [1.54, 1.807) is 7.11 Å². The van der Waals surface area contributed by atoms with Crippen molar-refractivity contribution in [3.05, 3.63) is 78.4 Å². The van der Waals surface area contributed by atoms with E-state index in [-0.39, 0.29) is 11.7 Å². The first-order valence-corrected chi connectivity index (χ1v) is 10.5. The number of anilines is 1. The second-order valence-corrected chi connectivity index (χ2v) is 7.77. The highest BCUT2D eigenvalue weighted by Gasteiger charge is 2.13. The average Bonchev–Trinajstić information content (AvgIpc) is 2.79. The molecule has 0 saturated carbocycles. The van der Waals surface area contributed by atoms with Crippen LogP contribution in [0.2, 0.25) is 0 Å². The van der Waals surface area contributed by atoms with Crippen LogP contribution in [0.1, 0.15) is 5.56 Å². The summed E-state index contributed by atoms with van der Waals surface area (Å²) in [7, 11) is 1.63. The number of nitrogens with zero attached hydrogens (tertiary/aromatic N) is 2. The minimum absolute atomic E-state index is 0.0835. The molecule has 1 N–H and O–H groups in total. The number of hydrogen-bond donors (Lipinski definition) is 1. The summed E-state index contributed by atoms with van der Waals surface area (Å²) in [6, 6.07) is 23.3. The molecule has 4 rings (SSSR count). The van der Waals surface area contributed by atoms with Gasteiger partial charge in [-0.05, 0) is 37.3 Å². The molecule has 150 valence electrons. The molecule has 0 bridgehead atoms. The lowest BCUT2D eigenvalue weighted by atomic mass is 10.2. The number of methoxy groups -OCH3 is 1. The van der Waals surface area contributed by atoms with Gasteiger partial charge in [0.15, 0.2) is 5.82 Å². The van der Waals surface area contributed by atoms with Crippen LogP contribution < -0.4 is 10.1 Å².